The Hall–Kier alpha value is -5.06. The number of carbonyl (C=O) groups is 2. The molecule has 4 N–H and O–H groups in total. The predicted octanol–water partition coefficient (Wildman–Crippen LogP) is 3.31. The SMILES string of the molecule is CC1C(=O)NC2=C1C(=N)N(c1ccc(CC(=O)O)cc1)C(c1nn(Cc3ccccc3F)c3ncccc13)N2. The molecule has 1 amide bonds. The molecule has 4 heterocycles. The molecule has 0 saturated heterocycles. The first-order chi connectivity index (χ1) is 18.8. The maximum absolute atomic E-state index is 14.5. The molecule has 2 atom stereocenters. The zero-order valence-corrected chi connectivity index (χ0v) is 20.9. The van der Waals surface area contributed by atoms with E-state index < -0.39 is 18.1 Å². The third kappa shape index (κ3) is 4.17. The molecule has 2 aliphatic rings. The molecule has 2 aromatic heterocycles. The van der Waals surface area contributed by atoms with Gasteiger partial charge in [0, 0.05) is 28.4 Å². The Balaban J connectivity index is 1.48. The lowest BCUT2D eigenvalue weighted by molar-refractivity contribution is -0.136. The molecule has 2 unspecified atom stereocenters. The lowest BCUT2D eigenvalue weighted by atomic mass is 9.98. The van der Waals surface area contributed by atoms with Crippen LogP contribution >= 0.6 is 0 Å². The summed E-state index contributed by atoms with van der Waals surface area (Å²) < 4.78 is 16.1. The Kier molecular flexibility index (Phi) is 5.82. The summed E-state index contributed by atoms with van der Waals surface area (Å²) in [5, 5.41) is 30.0. The summed E-state index contributed by atoms with van der Waals surface area (Å²) in [6, 6.07) is 17.0. The predicted molar refractivity (Wildman–Crippen MR) is 141 cm³/mol. The van der Waals surface area contributed by atoms with Crippen molar-refractivity contribution in [3.8, 4) is 0 Å². The average Bonchev–Trinajstić information content (AvgIpc) is 3.42. The molecular weight excluding hydrogens is 501 g/mol. The molecule has 0 radical (unpaired) electrons. The maximum Gasteiger partial charge on any atom is 0.307 e. The van der Waals surface area contributed by atoms with Crippen LogP contribution in [0.5, 0.6) is 0 Å². The van der Waals surface area contributed by atoms with Gasteiger partial charge >= 0.3 is 5.97 Å². The van der Waals surface area contributed by atoms with E-state index in [4.69, 9.17) is 15.6 Å². The quantitative estimate of drug-likeness (QED) is 0.303. The van der Waals surface area contributed by atoms with Gasteiger partial charge in [0.25, 0.3) is 0 Å². The number of carboxylic acids is 1. The highest BCUT2D eigenvalue weighted by Gasteiger charge is 2.43. The maximum atomic E-state index is 14.5. The van der Waals surface area contributed by atoms with Gasteiger partial charge in [0.05, 0.1) is 18.9 Å². The molecule has 0 spiro atoms. The van der Waals surface area contributed by atoms with Gasteiger partial charge < -0.3 is 15.7 Å². The molecule has 4 aromatic rings. The van der Waals surface area contributed by atoms with Crippen LogP contribution in [0.3, 0.4) is 0 Å². The van der Waals surface area contributed by atoms with Gasteiger partial charge in [-0.25, -0.2) is 14.1 Å². The Morgan fingerprint density at radius 2 is 1.90 bits per heavy atom. The molecule has 196 valence electrons. The van der Waals surface area contributed by atoms with E-state index in [0.29, 0.717) is 44.9 Å². The van der Waals surface area contributed by atoms with Gasteiger partial charge in [-0.05, 0) is 42.8 Å². The number of rotatable bonds is 6. The smallest absolute Gasteiger partial charge is 0.307 e. The van der Waals surface area contributed by atoms with Crippen molar-refractivity contribution in [2.75, 3.05) is 4.90 Å². The van der Waals surface area contributed by atoms with Crippen LogP contribution in [-0.4, -0.2) is 37.6 Å². The molecular formula is C28H24FN7O3. The number of aliphatic carboxylic acids is 1. The Labute approximate surface area is 222 Å². The lowest BCUT2D eigenvalue weighted by Gasteiger charge is -2.38. The number of amides is 1. The fraction of sp³-hybridized carbons (Fsp3) is 0.179. The number of halogens is 1. The number of nitrogens with zero attached hydrogens (tertiary/aromatic N) is 4. The zero-order chi connectivity index (χ0) is 27.3. The standard InChI is InChI=1S/C28H24FN7O3/c1-15-22-24(30)36(18-10-8-16(9-11-18)13-21(37)38)27(32-25(22)33-28(15)39)23-19-6-4-12-31-26(19)35(34-23)14-17-5-2-3-7-20(17)29/h2-12,15,27,30,32H,13-14H2,1H3,(H,33,39)(H,37,38). The molecule has 39 heavy (non-hydrogen) atoms. The van der Waals surface area contributed by atoms with Gasteiger partial charge in [-0.2, -0.15) is 5.10 Å². The number of aromatic nitrogens is 3. The monoisotopic (exact) mass is 525 g/mol. The minimum atomic E-state index is -0.938. The van der Waals surface area contributed by atoms with Crippen LogP contribution in [0.15, 0.2) is 78.3 Å². The molecule has 0 saturated carbocycles. The van der Waals surface area contributed by atoms with Crippen LogP contribution in [0, 0.1) is 17.1 Å². The molecule has 2 aromatic carbocycles. The molecule has 2 aliphatic heterocycles. The first-order valence-corrected chi connectivity index (χ1v) is 12.4. The first-order valence-electron chi connectivity index (χ1n) is 12.4. The van der Waals surface area contributed by atoms with Crippen molar-refractivity contribution in [2.24, 2.45) is 5.92 Å². The Morgan fingerprint density at radius 1 is 1.13 bits per heavy atom. The second-order valence-corrected chi connectivity index (χ2v) is 9.51. The minimum absolute atomic E-state index is 0.117. The summed E-state index contributed by atoms with van der Waals surface area (Å²) in [6.07, 6.45) is 0.794. The second-order valence-electron chi connectivity index (χ2n) is 9.51. The number of carbonyl (C=O) groups excluding carboxylic acids is 1. The van der Waals surface area contributed by atoms with E-state index >= 15 is 0 Å². The van der Waals surface area contributed by atoms with Gasteiger partial charge in [0.15, 0.2) is 11.8 Å². The summed E-state index contributed by atoms with van der Waals surface area (Å²) in [5.41, 5.74) is 3.30. The largest absolute Gasteiger partial charge is 0.481 e. The van der Waals surface area contributed by atoms with E-state index in [0.717, 1.165) is 0 Å². The number of fused-ring (bicyclic) bond motifs is 1. The molecule has 6 rings (SSSR count). The average molecular weight is 526 g/mol. The topological polar surface area (TPSA) is 136 Å². The van der Waals surface area contributed by atoms with E-state index in [1.807, 2.05) is 6.07 Å². The molecule has 10 nitrogen and oxygen atoms in total. The number of pyridine rings is 1. The Bertz CT molecular complexity index is 1680. The summed E-state index contributed by atoms with van der Waals surface area (Å²) >= 11 is 0. The van der Waals surface area contributed by atoms with Crippen LogP contribution in [0.25, 0.3) is 11.0 Å². The highest BCUT2D eigenvalue weighted by atomic mass is 19.1. The molecule has 0 bridgehead atoms. The third-order valence-electron chi connectivity index (χ3n) is 7.02. The van der Waals surface area contributed by atoms with Gasteiger partial charge in [0.1, 0.15) is 23.2 Å². The minimum Gasteiger partial charge on any atom is -0.481 e. The van der Waals surface area contributed by atoms with Crippen LogP contribution in [0.1, 0.15) is 29.9 Å². The molecule has 11 heteroatoms. The van der Waals surface area contributed by atoms with E-state index in [1.54, 1.807) is 71.2 Å². The number of carboxylic acid groups (broad SMARTS) is 1. The first kappa shape index (κ1) is 24.3. The molecule has 0 fully saturated rings. The lowest BCUT2D eigenvalue weighted by Crippen LogP contribution is -2.49. The highest BCUT2D eigenvalue weighted by molar-refractivity contribution is 6.14. The Morgan fingerprint density at radius 3 is 2.64 bits per heavy atom. The summed E-state index contributed by atoms with van der Waals surface area (Å²) in [5.74, 6) is -1.48. The van der Waals surface area contributed by atoms with E-state index in [1.165, 1.54) is 6.07 Å². The zero-order valence-electron chi connectivity index (χ0n) is 20.9. The fourth-order valence-corrected chi connectivity index (χ4v) is 5.10. The number of nitrogens with one attached hydrogen (secondary N) is 3. The van der Waals surface area contributed by atoms with Crippen molar-refractivity contribution in [1.29, 1.82) is 5.41 Å². The fourth-order valence-electron chi connectivity index (χ4n) is 5.10. The van der Waals surface area contributed by atoms with Crippen LogP contribution in [-0.2, 0) is 22.6 Å². The number of anilines is 1. The highest BCUT2D eigenvalue weighted by Crippen LogP contribution is 2.38. The van der Waals surface area contributed by atoms with Gasteiger partial charge in [-0.3, -0.25) is 19.9 Å². The molecule has 0 aliphatic carbocycles. The van der Waals surface area contributed by atoms with Crippen molar-refractivity contribution in [1.82, 2.24) is 25.4 Å². The van der Waals surface area contributed by atoms with Gasteiger partial charge in [0.2, 0.25) is 5.91 Å². The summed E-state index contributed by atoms with van der Waals surface area (Å²) in [6.45, 7) is 1.89. The van der Waals surface area contributed by atoms with Crippen molar-refractivity contribution in [3.05, 3.63) is 101 Å². The van der Waals surface area contributed by atoms with E-state index in [2.05, 4.69) is 15.6 Å². The summed E-state index contributed by atoms with van der Waals surface area (Å²) in [4.78, 5) is 30.0. The number of amidine groups is 1. The number of hydrogen-bond donors (Lipinski definition) is 4. The van der Waals surface area contributed by atoms with Gasteiger partial charge in [-0.15, -0.1) is 0 Å². The summed E-state index contributed by atoms with van der Waals surface area (Å²) in [7, 11) is 0. The van der Waals surface area contributed by atoms with Crippen LogP contribution in [0.2, 0.25) is 0 Å². The van der Waals surface area contributed by atoms with Crippen molar-refractivity contribution in [3.63, 3.8) is 0 Å². The van der Waals surface area contributed by atoms with Crippen LogP contribution in [0.4, 0.5) is 10.1 Å². The third-order valence-corrected chi connectivity index (χ3v) is 7.02. The number of benzene rings is 2. The van der Waals surface area contributed by atoms with Crippen molar-refractivity contribution in [2.45, 2.75) is 26.1 Å². The van der Waals surface area contributed by atoms with E-state index in [-0.39, 0.29) is 30.5 Å². The van der Waals surface area contributed by atoms with Crippen LogP contribution < -0.4 is 15.5 Å². The van der Waals surface area contributed by atoms with E-state index in [9.17, 15) is 14.0 Å². The van der Waals surface area contributed by atoms with Crippen molar-refractivity contribution < 1.29 is 19.1 Å². The van der Waals surface area contributed by atoms with Crippen molar-refractivity contribution >= 4 is 34.4 Å². The number of hydrogen-bond acceptors (Lipinski definition) is 6. The second kappa shape index (κ2) is 9.35. The normalized spacial score (nSPS) is 18.8. The van der Waals surface area contributed by atoms with Gasteiger partial charge in [-0.1, -0.05) is 30.3 Å².